The minimum absolute atomic E-state index is 0.632. The molecule has 0 amide bonds. The Balaban J connectivity index is 1.97. The van der Waals surface area contributed by atoms with E-state index in [4.69, 9.17) is 12.2 Å². The van der Waals surface area contributed by atoms with Gasteiger partial charge in [-0.1, -0.05) is 60.7 Å². The SMILES string of the molecule is S=c1nc(-c2ccc3ccccc3c2)[nH]c2ccccc12. The highest BCUT2D eigenvalue weighted by Crippen LogP contribution is 2.23. The molecule has 0 aliphatic rings. The van der Waals surface area contributed by atoms with Crippen molar-refractivity contribution in [3.05, 3.63) is 71.4 Å². The fourth-order valence-corrected chi connectivity index (χ4v) is 2.84. The van der Waals surface area contributed by atoms with E-state index in [0.717, 1.165) is 22.3 Å². The smallest absolute Gasteiger partial charge is 0.139 e. The van der Waals surface area contributed by atoms with Crippen LogP contribution in [0.1, 0.15) is 0 Å². The fraction of sp³-hybridized carbons (Fsp3) is 0. The number of hydrogen-bond donors (Lipinski definition) is 1. The Kier molecular flexibility index (Phi) is 2.79. The highest BCUT2D eigenvalue weighted by Gasteiger charge is 2.04. The highest BCUT2D eigenvalue weighted by molar-refractivity contribution is 7.71. The minimum atomic E-state index is 0.632. The van der Waals surface area contributed by atoms with Crippen molar-refractivity contribution in [3.8, 4) is 11.4 Å². The Labute approximate surface area is 127 Å². The van der Waals surface area contributed by atoms with Gasteiger partial charge in [0.2, 0.25) is 0 Å². The van der Waals surface area contributed by atoms with Crippen molar-refractivity contribution in [1.29, 1.82) is 0 Å². The summed E-state index contributed by atoms with van der Waals surface area (Å²) in [4.78, 5) is 7.91. The lowest BCUT2D eigenvalue weighted by molar-refractivity contribution is 1.21. The van der Waals surface area contributed by atoms with Crippen LogP contribution in [0.25, 0.3) is 33.1 Å². The van der Waals surface area contributed by atoms with Gasteiger partial charge in [-0.05, 0) is 29.0 Å². The predicted octanol–water partition coefficient (Wildman–Crippen LogP) is 5.11. The van der Waals surface area contributed by atoms with Gasteiger partial charge < -0.3 is 4.98 Å². The van der Waals surface area contributed by atoms with E-state index in [0.29, 0.717) is 4.64 Å². The van der Waals surface area contributed by atoms with Gasteiger partial charge >= 0.3 is 0 Å². The van der Waals surface area contributed by atoms with Crippen LogP contribution in [0.2, 0.25) is 0 Å². The van der Waals surface area contributed by atoms with Gasteiger partial charge in [-0.25, -0.2) is 4.98 Å². The molecule has 0 spiro atoms. The topological polar surface area (TPSA) is 28.7 Å². The van der Waals surface area contributed by atoms with Gasteiger partial charge in [0.05, 0.1) is 0 Å². The minimum Gasteiger partial charge on any atom is -0.339 e. The normalized spacial score (nSPS) is 11.0. The van der Waals surface area contributed by atoms with Crippen LogP contribution in [0.5, 0.6) is 0 Å². The highest BCUT2D eigenvalue weighted by atomic mass is 32.1. The summed E-state index contributed by atoms with van der Waals surface area (Å²) < 4.78 is 0.632. The largest absolute Gasteiger partial charge is 0.339 e. The second-order valence-corrected chi connectivity index (χ2v) is 5.38. The lowest BCUT2D eigenvalue weighted by Crippen LogP contribution is -1.91. The molecule has 21 heavy (non-hydrogen) atoms. The molecule has 0 aliphatic carbocycles. The summed E-state index contributed by atoms with van der Waals surface area (Å²) in [5, 5.41) is 3.40. The van der Waals surface area contributed by atoms with E-state index in [1.54, 1.807) is 0 Å². The van der Waals surface area contributed by atoms with E-state index in [9.17, 15) is 0 Å². The van der Waals surface area contributed by atoms with Crippen molar-refractivity contribution in [2.24, 2.45) is 0 Å². The van der Waals surface area contributed by atoms with Crippen LogP contribution in [0.4, 0.5) is 0 Å². The van der Waals surface area contributed by atoms with Gasteiger partial charge in [0.25, 0.3) is 0 Å². The molecule has 0 saturated carbocycles. The first kappa shape index (κ1) is 12.2. The van der Waals surface area contributed by atoms with Gasteiger partial charge in [-0.2, -0.15) is 0 Å². The van der Waals surface area contributed by atoms with Crippen LogP contribution in [0.15, 0.2) is 66.7 Å². The monoisotopic (exact) mass is 288 g/mol. The number of H-pyrrole nitrogens is 1. The fourth-order valence-electron chi connectivity index (χ4n) is 2.57. The molecular weight excluding hydrogens is 276 g/mol. The predicted molar refractivity (Wildman–Crippen MR) is 89.9 cm³/mol. The van der Waals surface area contributed by atoms with E-state index in [1.165, 1.54) is 10.8 Å². The first-order valence-corrected chi connectivity index (χ1v) is 7.20. The molecule has 0 bridgehead atoms. The lowest BCUT2D eigenvalue weighted by Gasteiger charge is -2.06. The zero-order valence-corrected chi connectivity index (χ0v) is 12.0. The molecule has 3 aromatic carbocycles. The van der Waals surface area contributed by atoms with E-state index in [1.807, 2.05) is 36.4 Å². The first-order valence-electron chi connectivity index (χ1n) is 6.79. The number of nitrogens with one attached hydrogen (secondary N) is 1. The third kappa shape index (κ3) is 2.12. The van der Waals surface area contributed by atoms with E-state index in [2.05, 4.69) is 40.3 Å². The molecule has 1 N–H and O–H groups in total. The number of fused-ring (bicyclic) bond motifs is 2. The maximum Gasteiger partial charge on any atom is 0.139 e. The number of aromatic amines is 1. The second-order valence-electron chi connectivity index (χ2n) is 5.00. The average Bonchev–Trinajstić information content (AvgIpc) is 2.54. The molecule has 4 aromatic rings. The Hall–Kier alpha value is -2.52. The van der Waals surface area contributed by atoms with Crippen molar-refractivity contribution in [2.45, 2.75) is 0 Å². The first-order chi connectivity index (χ1) is 10.3. The lowest BCUT2D eigenvalue weighted by atomic mass is 10.1. The summed E-state index contributed by atoms with van der Waals surface area (Å²) in [5.41, 5.74) is 2.06. The Morgan fingerprint density at radius 2 is 1.57 bits per heavy atom. The van der Waals surface area contributed by atoms with Gasteiger partial charge in [-0.15, -0.1) is 0 Å². The molecule has 0 unspecified atom stereocenters. The van der Waals surface area contributed by atoms with Crippen LogP contribution < -0.4 is 0 Å². The number of hydrogen-bond acceptors (Lipinski definition) is 2. The van der Waals surface area contributed by atoms with Crippen LogP contribution in [0, 0.1) is 4.64 Å². The number of aromatic nitrogens is 2. The number of para-hydroxylation sites is 1. The van der Waals surface area contributed by atoms with E-state index in [-0.39, 0.29) is 0 Å². The van der Waals surface area contributed by atoms with Gasteiger partial charge in [0.15, 0.2) is 0 Å². The average molecular weight is 288 g/mol. The zero-order chi connectivity index (χ0) is 14.2. The molecule has 100 valence electrons. The summed E-state index contributed by atoms with van der Waals surface area (Å²) >= 11 is 5.41. The summed E-state index contributed by atoms with van der Waals surface area (Å²) in [6.07, 6.45) is 0. The van der Waals surface area contributed by atoms with Crippen LogP contribution >= 0.6 is 12.2 Å². The molecule has 1 heterocycles. The van der Waals surface area contributed by atoms with Gasteiger partial charge in [0, 0.05) is 16.5 Å². The van der Waals surface area contributed by atoms with E-state index >= 15 is 0 Å². The Morgan fingerprint density at radius 1 is 0.810 bits per heavy atom. The van der Waals surface area contributed by atoms with Crippen LogP contribution in [-0.4, -0.2) is 9.97 Å². The molecule has 1 aromatic heterocycles. The quantitative estimate of drug-likeness (QED) is 0.493. The molecule has 0 aliphatic heterocycles. The Morgan fingerprint density at radius 3 is 2.48 bits per heavy atom. The molecule has 0 radical (unpaired) electrons. The molecule has 4 rings (SSSR count). The van der Waals surface area contributed by atoms with Gasteiger partial charge in [-0.3, -0.25) is 0 Å². The standard InChI is InChI=1S/C18H12N2S/c21-18-15-7-3-4-8-16(15)19-17(20-18)14-10-9-12-5-1-2-6-13(12)11-14/h1-11H,(H,19,20,21). The van der Waals surface area contributed by atoms with Crippen LogP contribution in [0.3, 0.4) is 0 Å². The summed E-state index contributed by atoms with van der Waals surface area (Å²) in [6.45, 7) is 0. The maximum atomic E-state index is 5.41. The number of nitrogens with zero attached hydrogens (tertiary/aromatic N) is 1. The van der Waals surface area contributed by atoms with Crippen molar-refractivity contribution < 1.29 is 0 Å². The van der Waals surface area contributed by atoms with E-state index < -0.39 is 0 Å². The second kappa shape index (κ2) is 4.79. The molecule has 0 fully saturated rings. The summed E-state index contributed by atoms with van der Waals surface area (Å²) in [7, 11) is 0. The van der Waals surface area contributed by atoms with Crippen molar-refractivity contribution >= 4 is 33.9 Å². The molecule has 3 heteroatoms. The van der Waals surface area contributed by atoms with Crippen LogP contribution in [-0.2, 0) is 0 Å². The van der Waals surface area contributed by atoms with Gasteiger partial charge in [0.1, 0.15) is 10.5 Å². The number of benzene rings is 3. The third-order valence-corrected chi connectivity index (χ3v) is 3.96. The maximum absolute atomic E-state index is 5.41. The van der Waals surface area contributed by atoms with Crippen molar-refractivity contribution in [2.75, 3.05) is 0 Å². The zero-order valence-electron chi connectivity index (χ0n) is 11.2. The summed E-state index contributed by atoms with van der Waals surface area (Å²) in [6, 6.07) is 22.6. The third-order valence-electron chi connectivity index (χ3n) is 3.65. The molecule has 2 nitrogen and oxygen atoms in total. The van der Waals surface area contributed by atoms with Crippen molar-refractivity contribution in [1.82, 2.24) is 9.97 Å². The molecular formula is C18H12N2S. The van der Waals surface area contributed by atoms with Crippen molar-refractivity contribution in [3.63, 3.8) is 0 Å². The Bertz CT molecular complexity index is 1020. The molecule has 0 atom stereocenters. The summed E-state index contributed by atoms with van der Waals surface area (Å²) in [5.74, 6) is 0.810. The molecule has 0 saturated heterocycles. The number of rotatable bonds is 1.